The second kappa shape index (κ2) is 8.76. The number of hydrogen-bond acceptors (Lipinski definition) is 5. The average molecular weight is 376 g/mol. The predicted octanol–water partition coefficient (Wildman–Crippen LogP) is 2.37. The zero-order valence-corrected chi connectivity index (χ0v) is 16.6. The van der Waals surface area contributed by atoms with Crippen LogP contribution in [-0.4, -0.2) is 79.1 Å². The Morgan fingerprint density at radius 2 is 1.89 bits per heavy atom. The molecule has 0 N–H and O–H groups in total. The maximum atomic E-state index is 13.1. The molecular formula is C21H33N3O3. The summed E-state index contributed by atoms with van der Waals surface area (Å²) in [5.41, 5.74) is 1.20. The topological polar surface area (TPSA) is 49.2 Å². The van der Waals surface area contributed by atoms with Gasteiger partial charge in [-0.05, 0) is 44.8 Å². The highest BCUT2D eigenvalue weighted by molar-refractivity contribution is 5.92. The number of morpholine rings is 1. The van der Waals surface area contributed by atoms with Crippen LogP contribution in [0.5, 0.6) is 0 Å². The van der Waals surface area contributed by atoms with Gasteiger partial charge >= 0.3 is 0 Å². The molecule has 0 radical (unpaired) electrons. The number of carbonyl (C=O) groups is 1. The van der Waals surface area contributed by atoms with E-state index in [-0.39, 0.29) is 5.91 Å². The summed E-state index contributed by atoms with van der Waals surface area (Å²) in [6.07, 6.45) is 5.63. The SMILES string of the molecule is CCc1oc(C(=O)N2CCC[C@H](N3CCOCC3)C2)cc1CN1CCCC1. The van der Waals surface area contributed by atoms with Crippen molar-refractivity contribution in [2.45, 2.75) is 51.6 Å². The fourth-order valence-corrected chi connectivity index (χ4v) is 4.72. The number of furan rings is 1. The highest BCUT2D eigenvalue weighted by atomic mass is 16.5. The second-order valence-corrected chi connectivity index (χ2v) is 8.09. The van der Waals surface area contributed by atoms with Crippen molar-refractivity contribution >= 4 is 5.91 Å². The van der Waals surface area contributed by atoms with Gasteiger partial charge in [0.25, 0.3) is 5.91 Å². The predicted molar refractivity (Wildman–Crippen MR) is 104 cm³/mol. The van der Waals surface area contributed by atoms with Crippen LogP contribution >= 0.6 is 0 Å². The summed E-state index contributed by atoms with van der Waals surface area (Å²) in [6.45, 7) is 10.6. The summed E-state index contributed by atoms with van der Waals surface area (Å²) in [4.78, 5) is 20.1. The zero-order valence-electron chi connectivity index (χ0n) is 16.6. The second-order valence-electron chi connectivity index (χ2n) is 8.09. The molecule has 3 aliphatic rings. The monoisotopic (exact) mass is 375 g/mol. The first-order chi connectivity index (χ1) is 13.2. The van der Waals surface area contributed by atoms with Crippen LogP contribution in [0.25, 0.3) is 0 Å². The fourth-order valence-electron chi connectivity index (χ4n) is 4.72. The fraction of sp³-hybridized carbons (Fsp3) is 0.762. The van der Waals surface area contributed by atoms with Crippen molar-refractivity contribution in [3.05, 3.63) is 23.2 Å². The molecule has 1 atom stereocenters. The van der Waals surface area contributed by atoms with Crippen LogP contribution < -0.4 is 0 Å². The minimum absolute atomic E-state index is 0.0651. The van der Waals surface area contributed by atoms with E-state index in [1.54, 1.807) is 0 Å². The third-order valence-corrected chi connectivity index (χ3v) is 6.27. The number of piperidine rings is 1. The summed E-state index contributed by atoms with van der Waals surface area (Å²) in [6, 6.07) is 2.47. The van der Waals surface area contributed by atoms with E-state index in [1.807, 2.05) is 11.0 Å². The molecule has 0 aromatic carbocycles. The van der Waals surface area contributed by atoms with Gasteiger partial charge in [0.15, 0.2) is 5.76 Å². The first kappa shape index (κ1) is 19.0. The number of hydrogen-bond donors (Lipinski definition) is 0. The van der Waals surface area contributed by atoms with E-state index in [1.165, 1.54) is 24.8 Å². The van der Waals surface area contributed by atoms with E-state index in [0.717, 1.165) is 77.6 Å². The van der Waals surface area contributed by atoms with E-state index in [9.17, 15) is 4.79 Å². The summed E-state index contributed by atoms with van der Waals surface area (Å²) < 4.78 is 11.5. The van der Waals surface area contributed by atoms with E-state index in [0.29, 0.717) is 11.8 Å². The van der Waals surface area contributed by atoms with Gasteiger partial charge in [-0.3, -0.25) is 14.6 Å². The van der Waals surface area contributed by atoms with E-state index in [2.05, 4.69) is 16.7 Å². The van der Waals surface area contributed by atoms with Crippen molar-refractivity contribution < 1.29 is 13.9 Å². The van der Waals surface area contributed by atoms with Crippen molar-refractivity contribution in [2.24, 2.45) is 0 Å². The number of amides is 1. The Morgan fingerprint density at radius 3 is 2.63 bits per heavy atom. The van der Waals surface area contributed by atoms with Crippen LogP contribution in [0.1, 0.15) is 54.5 Å². The molecule has 3 aliphatic heterocycles. The lowest BCUT2D eigenvalue weighted by Gasteiger charge is -2.40. The molecule has 1 aromatic rings. The van der Waals surface area contributed by atoms with Crippen LogP contribution in [0, 0.1) is 0 Å². The molecule has 0 spiro atoms. The summed E-state index contributed by atoms with van der Waals surface area (Å²) >= 11 is 0. The van der Waals surface area contributed by atoms with Crippen molar-refractivity contribution in [2.75, 3.05) is 52.5 Å². The van der Waals surface area contributed by atoms with Gasteiger partial charge in [0.2, 0.25) is 0 Å². The van der Waals surface area contributed by atoms with Crippen LogP contribution in [0.2, 0.25) is 0 Å². The number of carbonyl (C=O) groups excluding carboxylic acids is 1. The number of likely N-dealkylation sites (tertiary alicyclic amines) is 2. The minimum Gasteiger partial charge on any atom is -0.456 e. The molecule has 1 amide bonds. The van der Waals surface area contributed by atoms with Crippen LogP contribution in [-0.2, 0) is 17.7 Å². The number of nitrogens with zero attached hydrogens (tertiary/aromatic N) is 3. The highest BCUT2D eigenvalue weighted by Crippen LogP contribution is 2.24. The Balaban J connectivity index is 1.42. The molecule has 0 unspecified atom stereocenters. The first-order valence-corrected chi connectivity index (χ1v) is 10.7. The molecule has 3 saturated heterocycles. The van der Waals surface area contributed by atoms with Gasteiger partial charge in [-0.1, -0.05) is 6.92 Å². The molecule has 4 rings (SSSR count). The standard InChI is InChI=1S/C21H33N3O3/c1-2-19-17(15-22-7-3-4-8-22)14-20(27-19)21(25)24-9-5-6-18(16-24)23-10-12-26-13-11-23/h14,18H,2-13,15-16H2,1H3/t18-/m0/s1. The summed E-state index contributed by atoms with van der Waals surface area (Å²) in [7, 11) is 0. The van der Waals surface area contributed by atoms with Gasteiger partial charge in [-0.2, -0.15) is 0 Å². The molecule has 0 aliphatic carbocycles. The molecule has 6 heteroatoms. The average Bonchev–Trinajstić information content (AvgIpc) is 3.38. The van der Waals surface area contributed by atoms with E-state index >= 15 is 0 Å². The third-order valence-electron chi connectivity index (χ3n) is 6.27. The van der Waals surface area contributed by atoms with E-state index < -0.39 is 0 Å². The third kappa shape index (κ3) is 4.39. The Bertz CT molecular complexity index is 633. The van der Waals surface area contributed by atoms with Crippen LogP contribution in [0.4, 0.5) is 0 Å². The lowest BCUT2D eigenvalue weighted by Crippen LogP contribution is -2.52. The van der Waals surface area contributed by atoms with Gasteiger partial charge in [0.1, 0.15) is 5.76 Å². The summed E-state index contributed by atoms with van der Waals surface area (Å²) in [5.74, 6) is 1.57. The molecule has 4 heterocycles. The zero-order chi connectivity index (χ0) is 18.6. The molecular weight excluding hydrogens is 342 g/mol. The lowest BCUT2D eigenvalue weighted by atomic mass is 10.0. The minimum atomic E-state index is 0.0651. The van der Waals surface area contributed by atoms with Crippen LogP contribution in [0.15, 0.2) is 10.5 Å². The number of ether oxygens (including phenoxy) is 1. The molecule has 150 valence electrons. The highest BCUT2D eigenvalue weighted by Gasteiger charge is 2.31. The maximum absolute atomic E-state index is 13.1. The van der Waals surface area contributed by atoms with Gasteiger partial charge in [0, 0.05) is 50.7 Å². The smallest absolute Gasteiger partial charge is 0.289 e. The van der Waals surface area contributed by atoms with Crippen molar-refractivity contribution in [3.8, 4) is 0 Å². The normalized spacial score (nSPS) is 25.2. The Morgan fingerprint density at radius 1 is 1.11 bits per heavy atom. The van der Waals surface area contributed by atoms with Gasteiger partial charge in [-0.15, -0.1) is 0 Å². The molecule has 1 aromatic heterocycles. The van der Waals surface area contributed by atoms with Crippen molar-refractivity contribution in [1.82, 2.24) is 14.7 Å². The largest absolute Gasteiger partial charge is 0.456 e. The Labute approximate surface area is 162 Å². The molecule has 3 fully saturated rings. The van der Waals surface area contributed by atoms with Gasteiger partial charge in [0.05, 0.1) is 13.2 Å². The molecule has 6 nitrogen and oxygen atoms in total. The molecule has 0 saturated carbocycles. The Kier molecular flexibility index (Phi) is 6.15. The number of rotatable bonds is 5. The van der Waals surface area contributed by atoms with E-state index in [4.69, 9.17) is 9.15 Å². The quantitative estimate of drug-likeness (QED) is 0.791. The number of aryl methyl sites for hydroxylation is 1. The summed E-state index contributed by atoms with van der Waals surface area (Å²) in [5, 5.41) is 0. The molecule has 27 heavy (non-hydrogen) atoms. The van der Waals surface area contributed by atoms with Crippen molar-refractivity contribution in [1.29, 1.82) is 0 Å². The Hall–Kier alpha value is -1.37. The van der Waals surface area contributed by atoms with Gasteiger partial charge in [-0.25, -0.2) is 0 Å². The van der Waals surface area contributed by atoms with Crippen LogP contribution in [0.3, 0.4) is 0 Å². The van der Waals surface area contributed by atoms with Crippen molar-refractivity contribution in [3.63, 3.8) is 0 Å². The maximum Gasteiger partial charge on any atom is 0.289 e. The van der Waals surface area contributed by atoms with Gasteiger partial charge < -0.3 is 14.1 Å². The lowest BCUT2D eigenvalue weighted by molar-refractivity contribution is -0.00167. The first-order valence-electron chi connectivity index (χ1n) is 10.7. The molecule has 0 bridgehead atoms.